The fourth-order valence-electron chi connectivity index (χ4n) is 4.71. The van der Waals surface area contributed by atoms with Crippen molar-refractivity contribution < 1.29 is 9.53 Å². The summed E-state index contributed by atoms with van der Waals surface area (Å²) in [6.45, 7) is 10.9. The highest BCUT2D eigenvalue weighted by Gasteiger charge is 2.30. The number of hydrogen-bond donors (Lipinski definition) is 0. The van der Waals surface area contributed by atoms with Crippen molar-refractivity contribution in [3.63, 3.8) is 0 Å². The molecule has 2 saturated heterocycles. The van der Waals surface area contributed by atoms with Crippen LogP contribution in [0.3, 0.4) is 0 Å². The molecule has 4 rings (SSSR count). The molecule has 0 saturated carbocycles. The van der Waals surface area contributed by atoms with E-state index in [4.69, 9.17) is 27.9 Å². The topological polar surface area (TPSA) is 45.1 Å². The van der Waals surface area contributed by atoms with Gasteiger partial charge in [-0.25, -0.2) is 0 Å². The Morgan fingerprint density at radius 2 is 1.73 bits per heavy atom. The lowest BCUT2D eigenvalue weighted by atomic mass is 9.98. The van der Waals surface area contributed by atoms with Crippen LogP contribution in [-0.4, -0.2) is 60.7 Å². The molecule has 0 aliphatic carbocycles. The summed E-state index contributed by atoms with van der Waals surface area (Å²) in [7, 11) is 0. The van der Waals surface area contributed by atoms with Crippen molar-refractivity contribution in [2.75, 3.05) is 26.2 Å². The predicted molar refractivity (Wildman–Crippen MR) is 136 cm³/mol. The molecule has 5 nitrogen and oxygen atoms in total. The molecular formula is C26H29Cl2N3O2. The summed E-state index contributed by atoms with van der Waals surface area (Å²) < 4.78 is 6.12. The van der Waals surface area contributed by atoms with Gasteiger partial charge in [-0.15, -0.1) is 0 Å². The predicted octanol–water partition coefficient (Wildman–Crippen LogP) is 6.12. The fraction of sp³-hybridized carbons (Fsp3) is 0.385. The normalized spacial score (nSPS) is 18.2. The van der Waals surface area contributed by atoms with Gasteiger partial charge in [-0.2, -0.15) is 0 Å². The zero-order chi connectivity index (χ0) is 23.4. The summed E-state index contributed by atoms with van der Waals surface area (Å²) in [5, 5.41) is 1.05. The molecule has 2 fully saturated rings. The summed E-state index contributed by atoms with van der Waals surface area (Å²) in [6.07, 6.45) is 5.84. The van der Waals surface area contributed by atoms with Crippen LogP contribution in [0.1, 0.15) is 41.6 Å². The summed E-state index contributed by atoms with van der Waals surface area (Å²) in [5.74, 6) is 0.840. The fourth-order valence-corrected chi connectivity index (χ4v) is 5.00. The van der Waals surface area contributed by atoms with Crippen molar-refractivity contribution in [3.8, 4) is 5.75 Å². The highest BCUT2D eigenvalue weighted by atomic mass is 35.5. The number of hydrogen-bond acceptors (Lipinski definition) is 4. The van der Waals surface area contributed by atoms with E-state index in [1.54, 1.807) is 18.2 Å². The van der Waals surface area contributed by atoms with Crippen LogP contribution in [0.15, 0.2) is 48.0 Å². The Labute approximate surface area is 205 Å². The van der Waals surface area contributed by atoms with Crippen molar-refractivity contribution >= 4 is 47.6 Å². The number of amides is 1. The number of nitrogens with zero attached hydrogens (tertiary/aromatic N) is 3. The van der Waals surface area contributed by atoms with Gasteiger partial charge in [-0.3, -0.25) is 14.7 Å². The van der Waals surface area contributed by atoms with Gasteiger partial charge in [0.25, 0.3) is 5.91 Å². The zero-order valence-corrected chi connectivity index (χ0v) is 20.2. The van der Waals surface area contributed by atoms with Crippen molar-refractivity contribution in [2.24, 2.45) is 4.99 Å². The van der Waals surface area contributed by atoms with E-state index in [1.807, 2.05) is 29.2 Å². The van der Waals surface area contributed by atoms with Gasteiger partial charge in [0.2, 0.25) is 0 Å². The maximum Gasteiger partial charge on any atom is 0.253 e. The molecule has 0 spiro atoms. The highest BCUT2D eigenvalue weighted by Crippen LogP contribution is 2.29. The van der Waals surface area contributed by atoms with Crippen molar-refractivity contribution in [3.05, 3.63) is 64.1 Å². The van der Waals surface area contributed by atoms with Crippen LogP contribution in [0.4, 0.5) is 5.69 Å². The Hall–Kier alpha value is -2.34. The van der Waals surface area contributed by atoms with E-state index in [0.717, 1.165) is 68.9 Å². The first-order valence-corrected chi connectivity index (χ1v) is 12.1. The minimum atomic E-state index is 0.0703. The standard InChI is InChI=1S/C26H29Cl2N3O2/c1-3-18-16-19(4-7-25(18)29-2)26(32)31-12-8-20(9-13-31)30-14-10-21(11-15-30)33-22-5-6-23(27)24(28)17-22/h3-7,16-17,20-21H,1-2,8-15H2. The third-order valence-corrected chi connectivity index (χ3v) is 7.34. The first-order valence-electron chi connectivity index (χ1n) is 11.4. The van der Waals surface area contributed by atoms with Gasteiger partial charge >= 0.3 is 0 Å². The summed E-state index contributed by atoms with van der Waals surface area (Å²) >= 11 is 12.1. The third-order valence-electron chi connectivity index (χ3n) is 6.60. The zero-order valence-electron chi connectivity index (χ0n) is 18.7. The van der Waals surface area contributed by atoms with Crippen molar-refractivity contribution in [1.82, 2.24) is 9.80 Å². The Morgan fingerprint density at radius 1 is 1.00 bits per heavy atom. The number of aliphatic imine (C=N–C) groups is 1. The molecular weight excluding hydrogens is 457 g/mol. The van der Waals surface area contributed by atoms with E-state index >= 15 is 0 Å². The Morgan fingerprint density at radius 3 is 2.36 bits per heavy atom. The van der Waals surface area contributed by atoms with E-state index in [2.05, 4.69) is 23.2 Å². The maximum absolute atomic E-state index is 13.0. The van der Waals surface area contributed by atoms with Gasteiger partial charge in [0, 0.05) is 49.4 Å². The summed E-state index contributed by atoms with van der Waals surface area (Å²) in [6, 6.07) is 11.4. The molecule has 33 heavy (non-hydrogen) atoms. The number of benzene rings is 2. The second-order valence-electron chi connectivity index (χ2n) is 8.59. The monoisotopic (exact) mass is 485 g/mol. The second kappa shape index (κ2) is 10.7. The molecule has 2 aliphatic heterocycles. The SMILES string of the molecule is C=Cc1cc(C(=O)N2CCC(N3CCC(Oc4ccc(Cl)c(Cl)c4)CC3)CC2)ccc1N=C. The lowest BCUT2D eigenvalue weighted by Gasteiger charge is -2.41. The second-order valence-corrected chi connectivity index (χ2v) is 9.40. The minimum Gasteiger partial charge on any atom is -0.490 e. The van der Waals surface area contributed by atoms with Crippen LogP contribution in [0.25, 0.3) is 6.08 Å². The number of piperidine rings is 2. The van der Waals surface area contributed by atoms with Crippen LogP contribution >= 0.6 is 23.2 Å². The van der Waals surface area contributed by atoms with E-state index in [0.29, 0.717) is 21.7 Å². The Balaban J connectivity index is 1.26. The average Bonchev–Trinajstić information content (AvgIpc) is 2.86. The molecule has 2 heterocycles. The van der Waals surface area contributed by atoms with Crippen LogP contribution in [-0.2, 0) is 0 Å². The summed E-state index contributed by atoms with van der Waals surface area (Å²) in [5.41, 5.74) is 2.25. The Kier molecular flexibility index (Phi) is 7.74. The number of halogens is 2. The number of ether oxygens (including phenoxy) is 1. The molecule has 1 amide bonds. The molecule has 0 radical (unpaired) electrons. The molecule has 2 aromatic rings. The van der Waals surface area contributed by atoms with E-state index in [9.17, 15) is 4.79 Å². The largest absolute Gasteiger partial charge is 0.490 e. The highest BCUT2D eigenvalue weighted by molar-refractivity contribution is 6.42. The number of carbonyl (C=O) groups is 1. The lowest BCUT2D eigenvalue weighted by molar-refractivity contribution is 0.0425. The molecule has 0 aromatic heterocycles. The van der Waals surface area contributed by atoms with Crippen LogP contribution in [0.5, 0.6) is 5.75 Å². The molecule has 0 bridgehead atoms. The van der Waals surface area contributed by atoms with Gasteiger partial charge in [-0.05, 0) is 62.7 Å². The van der Waals surface area contributed by atoms with Crippen LogP contribution < -0.4 is 4.74 Å². The Bertz CT molecular complexity index is 1030. The molecule has 2 aromatic carbocycles. The lowest BCUT2D eigenvalue weighted by Crippen LogP contribution is -2.50. The third kappa shape index (κ3) is 5.60. The van der Waals surface area contributed by atoms with E-state index in [1.165, 1.54) is 0 Å². The molecule has 0 N–H and O–H groups in total. The van der Waals surface area contributed by atoms with Gasteiger partial charge in [-0.1, -0.05) is 35.9 Å². The van der Waals surface area contributed by atoms with Gasteiger partial charge < -0.3 is 9.64 Å². The van der Waals surface area contributed by atoms with Crippen LogP contribution in [0, 0.1) is 0 Å². The molecule has 0 atom stereocenters. The van der Waals surface area contributed by atoms with Gasteiger partial charge in [0.05, 0.1) is 15.7 Å². The van der Waals surface area contributed by atoms with Gasteiger partial charge in [0.15, 0.2) is 0 Å². The molecule has 7 heteroatoms. The summed E-state index contributed by atoms with van der Waals surface area (Å²) in [4.78, 5) is 21.5. The number of rotatable bonds is 6. The van der Waals surface area contributed by atoms with E-state index < -0.39 is 0 Å². The minimum absolute atomic E-state index is 0.0703. The van der Waals surface area contributed by atoms with Crippen molar-refractivity contribution in [2.45, 2.75) is 37.8 Å². The smallest absolute Gasteiger partial charge is 0.253 e. The van der Waals surface area contributed by atoms with Crippen molar-refractivity contribution in [1.29, 1.82) is 0 Å². The number of likely N-dealkylation sites (tertiary alicyclic amines) is 2. The molecule has 2 aliphatic rings. The van der Waals surface area contributed by atoms with Gasteiger partial charge in [0.1, 0.15) is 11.9 Å². The molecule has 0 unspecified atom stereocenters. The maximum atomic E-state index is 13.0. The first-order chi connectivity index (χ1) is 16.0. The first kappa shape index (κ1) is 23.8. The molecule has 174 valence electrons. The quantitative estimate of drug-likeness (QED) is 0.463. The number of carbonyl (C=O) groups excluding carboxylic acids is 1. The average molecular weight is 486 g/mol. The van der Waals surface area contributed by atoms with Crippen LogP contribution in [0.2, 0.25) is 10.0 Å². The van der Waals surface area contributed by atoms with E-state index in [-0.39, 0.29) is 12.0 Å².